The van der Waals surface area contributed by atoms with Crippen molar-refractivity contribution in [1.29, 1.82) is 0 Å². The Morgan fingerprint density at radius 3 is 1.93 bits per heavy atom. The van der Waals surface area contributed by atoms with E-state index in [1.807, 2.05) is 71.9 Å². The lowest BCUT2D eigenvalue weighted by molar-refractivity contribution is -0.148. The average Bonchev–Trinajstić information content (AvgIpc) is 3.74. The van der Waals surface area contributed by atoms with Gasteiger partial charge in [0.1, 0.15) is 12.1 Å². The van der Waals surface area contributed by atoms with Crippen molar-refractivity contribution in [2.45, 2.75) is 123 Å². The predicted molar refractivity (Wildman–Crippen MR) is 235 cm³/mol. The molecule has 5 N–H and O–H groups in total. The molecular weight excluding hydrogens is 779 g/mol. The summed E-state index contributed by atoms with van der Waals surface area (Å²) in [7, 11) is 6.47. The van der Waals surface area contributed by atoms with Crippen LogP contribution in [0.2, 0.25) is 0 Å². The van der Waals surface area contributed by atoms with Gasteiger partial charge < -0.3 is 35.2 Å². The Labute approximate surface area is 362 Å². The number of hydrogen-bond donors (Lipinski definition) is 5. The second kappa shape index (κ2) is 24.5. The third-order valence-electron chi connectivity index (χ3n) is 12.0. The summed E-state index contributed by atoms with van der Waals surface area (Å²) >= 11 is 0. The third-order valence-corrected chi connectivity index (χ3v) is 12.0. The van der Waals surface area contributed by atoms with E-state index in [4.69, 9.17) is 9.47 Å². The second-order valence-corrected chi connectivity index (χ2v) is 16.9. The van der Waals surface area contributed by atoms with E-state index in [1.54, 1.807) is 61.2 Å². The maximum absolute atomic E-state index is 14.3. The van der Waals surface area contributed by atoms with Gasteiger partial charge in [0.15, 0.2) is 0 Å². The molecule has 0 aromatic heterocycles. The van der Waals surface area contributed by atoms with E-state index in [0.29, 0.717) is 31.4 Å². The fourth-order valence-corrected chi connectivity index (χ4v) is 8.28. The molecule has 3 rings (SSSR count). The summed E-state index contributed by atoms with van der Waals surface area (Å²) in [5.41, 5.74) is 6.05. The van der Waals surface area contributed by atoms with Gasteiger partial charge in [0, 0.05) is 39.8 Å². The number of nitrogens with zero attached hydrogens (tertiary/aromatic N) is 2. The first-order valence-corrected chi connectivity index (χ1v) is 21.6. The third kappa shape index (κ3) is 13.8. The molecule has 15 nitrogen and oxygen atoms in total. The summed E-state index contributed by atoms with van der Waals surface area (Å²) in [5.74, 6) is -3.33. The predicted octanol–water partition coefficient (Wildman–Crippen LogP) is 3.48. The van der Waals surface area contributed by atoms with E-state index < -0.39 is 66.1 Å². The Balaban J connectivity index is 1.79. The fourth-order valence-electron chi connectivity index (χ4n) is 8.28. The molecule has 2 aromatic rings. The van der Waals surface area contributed by atoms with Gasteiger partial charge in [-0.3, -0.25) is 39.6 Å². The quantitative estimate of drug-likeness (QED) is 0.111. The Kier molecular flexibility index (Phi) is 20.3. The van der Waals surface area contributed by atoms with E-state index in [-0.39, 0.29) is 48.3 Å². The normalized spacial score (nSPS) is 17.9. The van der Waals surface area contributed by atoms with Crippen LogP contribution in [0.15, 0.2) is 60.7 Å². The minimum absolute atomic E-state index is 0.0101. The van der Waals surface area contributed by atoms with Gasteiger partial charge in [0.05, 0.1) is 42.7 Å². The van der Waals surface area contributed by atoms with Gasteiger partial charge >= 0.3 is 0 Å². The molecule has 0 spiro atoms. The largest absolute Gasteiger partial charge is 0.379 e. The number of likely N-dealkylation sites (N-methyl/N-ethyl adjacent to an activating group) is 2. The lowest BCUT2D eigenvalue weighted by Crippen LogP contribution is -2.59. The molecular formula is C46H71N7O8. The SMILES string of the molecule is CC[C@H](C)[C@@H]([C@@H](CC(=O)N1CCC[C@H]1[C@H](OC)[C@@H](C)C(=O)N[C@@H](Cc1ccccc1)C(=O)NNC(=O)c1ccccc1)OC)N(C)C(=O)C(NC(=O)[C@@H](NC)C(C)C)C(C)C. The van der Waals surface area contributed by atoms with Crippen molar-refractivity contribution >= 4 is 35.4 Å². The van der Waals surface area contributed by atoms with E-state index in [1.165, 1.54) is 14.2 Å². The van der Waals surface area contributed by atoms with Crippen molar-refractivity contribution in [3.05, 3.63) is 71.8 Å². The van der Waals surface area contributed by atoms with Crippen molar-refractivity contribution in [3.63, 3.8) is 0 Å². The van der Waals surface area contributed by atoms with Crippen molar-refractivity contribution in [1.82, 2.24) is 36.6 Å². The molecule has 9 atom stereocenters. The van der Waals surface area contributed by atoms with Crippen LogP contribution >= 0.6 is 0 Å². The van der Waals surface area contributed by atoms with Crippen molar-refractivity contribution < 1.29 is 38.2 Å². The highest BCUT2D eigenvalue weighted by molar-refractivity contribution is 5.96. The van der Waals surface area contributed by atoms with Crippen molar-refractivity contribution in [2.24, 2.45) is 23.7 Å². The Hall–Kier alpha value is -4.86. The zero-order valence-corrected chi connectivity index (χ0v) is 38.0. The fraction of sp³-hybridized carbons (Fsp3) is 0.609. The number of carbonyl (C=O) groups excluding carboxylic acids is 6. The van der Waals surface area contributed by atoms with Crippen LogP contribution in [0.25, 0.3) is 0 Å². The lowest BCUT2D eigenvalue weighted by atomic mass is 9.89. The van der Waals surface area contributed by atoms with E-state index in [0.717, 1.165) is 5.56 Å². The van der Waals surface area contributed by atoms with Crippen LogP contribution in [0.1, 0.15) is 90.1 Å². The number of ether oxygens (including phenoxy) is 2. The minimum Gasteiger partial charge on any atom is -0.379 e. The van der Waals surface area contributed by atoms with Crippen LogP contribution in [0.5, 0.6) is 0 Å². The molecule has 2 aromatic carbocycles. The number of hydrogen-bond acceptors (Lipinski definition) is 9. The molecule has 0 aliphatic carbocycles. The summed E-state index contributed by atoms with van der Waals surface area (Å²) < 4.78 is 12.0. The number of methoxy groups -OCH3 is 2. The zero-order valence-electron chi connectivity index (χ0n) is 38.0. The van der Waals surface area contributed by atoms with Crippen molar-refractivity contribution in [2.75, 3.05) is 34.9 Å². The molecule has 0 saturated carbocycles. The average molecular weight is 850 g/mol. The molecule has 61 heavy (non-hydrogen) atoms. The van der Waals surface area contributed by atoms with Crippen LogP contribution in [-0.2, 0) is 39.9 Å². The van der Waals surface area contributed by atoms with Gasteiger partial charge in [-0.25, -0.2) is 0 Å². The molecule has 1 heterocycles. The number of carbonyl (C=O) groups is 6. The zero-order chi connectivity index (χ0) is 45.4. The maximum Gasteiger partial charge on any atom is 0.269 e. The van der Waals surface area contributed by atoms with Gasteiger partial charge in [-0.1, -0.05) is 103 Å². The van der Waals surface area contributed by atoms with Gasteiger partial charge in [-0.15, -0.1) is 0 Å². The lowest BCUT2D eigenvalue weighted by Gasteiger charge is -2.41. The Bertz CT molecular complexity index is 1730. The monoisotopic (exact) mass is 850 g/mol. The van der Waals surface area contributed by atoms with E-state index >= 15 is 0 Å². The standard InChI is InChI=1S/C46H71N7O8/c1-12-30(6)40(52(9)46(59)39(29(4)5)49-45(58)38(47-8)28(2)3)36(60-10)27-37(54)53-25-19-24-35(53)41(61-11)31(7)42(55)48-34(26-32-20-15-13-16-21-32)44(57)51-50-43(56)33-22-17-14-18-23-33/h13-18,20-23,28-31,34-36,38-41,47H,12,19,24-27H2,1-11H3,(H,48,55)(H,49,58)(H,50,56)(H,51,57)/t30-,31+,34-,35-,36+,38-,39?,40-,41+/m0/s1. The highest BCUT2D eigenvalue weighted by Gasteiger charge is 2.43. The molecule has 0 radical (unpaired) electrons. The van der Waals surface area contributed by atoms with Crippen LogP contribution < -0.4 is 26.8 Å². The highest BCUT2D eigenvalue weighted by Crippen LogP contribution is 2.30. The smallest absolute Gasteiger partial charge is 0.269 e. The second-order valence-electron chi connectivity index (χ2n) is 16.9. The summed E-state index contributed by atoms with van der Waals surface area (Å²) in [6, 6.07) is 14.4. The molecule has 6 amide bonds. The summed E-state index contributed by atoms with van der Waals surface area (Å²) in [4.78, 5) is 85.4. The van der Waals surface area contributed by atoms with Crippen molar-refractivity contribution in [3.8, 4) is 0 Å². The van der Waals surface area contributed by atoms with Gasteiger partial charge in [0.25, 0.3) is 11.8 Å². The molecule has 1 aliphatic heterocycles. The van der Waals surface area contributed by atoms with Gasteiger partial charge in [-0.05, 0) is 55.3 Å². The van der Waals surface area contributed by atoms with Gasteiger partial charge in [-0.2, -0.15) is 0 Å². The first kappa shape index (κ1) is 50.5. The van der Waals surface area contributed by atoms with Crippen LogP contribution in [0.4, 0.5) is 0 Å². The molecule has 1 unspecified atom stereocenters. The molecule has 0 bridgehead atoms. The van der Waals surface area contributed by atoms with Gasteiger partial charge in [0.2, 0.25) is 23.6 Å². The molecule has 1 aliphatic rings. The maximum atomic E-state index is 14.3. The number of nitrogens with one attached hydrogen (secondary N) is 5. The molecule has 15 heteroatoms. The number of hydrazine groups is 1. The Morgan fingerprint density at radius 2 is 1.39 bits per heavy atom. The number of likely N-dealkylation sites (tertiary alicyclic amines) is 1. The van der Waals surface area contributed by atoms with E-state index in [2.05, 4.69) is 26.8 Å². The Morgan fingerprint density at radius 1 is 0.787 bits per heavy atom. The molecule has 1 saturated heterocycles. The minimum atomic E-state index is -1.05. The van der Waals surface area contributed by atoms with Crippen LogP contribution in [0.3, 0.4) is 0 Å². The topological polar surface area (TPSA) is 188 Å². The number of rotatable bonds is 22. The first-order valence-electron chi connectivity index (χ1n) is 21.6. The number of benzene rings is 2. The first-order chi connectivity index (χ1) is 29.0. The summed E-state index contributed by atoms with van der Waals surface area (Å²) in [5, 5.41) is 8.90. The summed E-state index contributed by atoms with van der Waals surface area (Å²) in [6.07, 6.45) is 0.715. The number of amides is 6. The van der Waals surface area contributed by atoms with Crippen LogP contribution in [0, 0.1) is 23.7 Å². The highest BCUT2D eigenvalue weighted by atomic mass is 16.5. The molecule has 1 fully saturated rings. The van der Waals surface area contributed by atoms with Crippen LogP contribution in [-0.4, -0.2) is 123 Å². The summed E-state index contributed by atoms with van der Waals surface area (Å²) in [6.45, 7) is 13.9. The molecule has 338 valence electrons. The van der Waals surface area contributed by atoms with E-state index in [9.17, 15) is 28.8 Å².